The van der Waals surface area contributed by atoms with Crippen molar-refractivity contribution in [2.45, 2.75) is 17.8 Å². The second-order valence-corrected chi connectivity index (χ2v) is 7.14. The maximum absolute atomic E-state index is 11.8. The Labute approximate surface area is 111 Å². The Morgan fingerprint density at radius 2 is 1.94 bits per heavy atom. The molecule has 1 N–H and O–H groups in total. The lowest BCUT2D eigenvalue weighted by molar-refractivity contribution is -0.120. The summed E-state index contributed by atoms with van der Waals surface area (Å²) in [5.41, 5.74) is 0.891. The van der Waals surface area contributed by atoms with Crippen LogP contribution in [0.3, 0.4) is 0 Å². The summed E-state index contributed by atoms with van der Waals surface area (Å²) in [6.07, 6.45) is 0.237. The number of rotatable bonds is 3. The number of carbonyl (C=O) groups is 1. The molecular weight excluding hydrogens is 274 g/mol. The molecule has 4 nitrogen and oxygen atoms in total. The zero-order valence-corrected chi connectivity index (χ0v) is 11.2. The molecule has 1 aliphatic rings. The van der Waals surface area contributed by atoms with Gasteiger partial charge in [0.25, 0.3) is 0 Å². The molecule has 98 valence electrons. The summed E-state index contributed by atoms with van der Waals surface area (Å²) < 4.78 is 22.7. The molecule has 0 bridgehead atoms. The van der Waals surface area contributed by atoms with Gasteiger partial charge in [0.2, 0.25) is 5.91 Å². The van der Waals surface area contributed by atoms with Crippen molar-refractivity contribution in [1.82, 2.24) is 5.32 Å². The standard InChI is InChI=1S/C12H14ClNO3S/c13-10-7-18(16,17)8-11(10)14-12(15)6-9-4-2-1-3-5-9/h1-5,10-11H,6-8H2,(H,14,15)/t10-,11-/m1/s1. The third kappa shape index (κ3) is 3.46. The molecule has 1 aromatic rings. The number of hydrogen-bond donors (Lipinski definition) is 1. The number of sulfone groups is 1. The first-order valence-electron chi connectivity index (χ1n) is 5.64. The number of halogens is 1. The van der Waals surface area contributed by atoms with Crippen molar-refractivity contribution in [2.75, 3.05) is 11.5 Å². The van der Waals surface area contributed by atoms with Crippen molar-refractivity contribution in [3.8, 4) is 0 Å². The van der Waals surface area contributed by atoms with Gasteiger partial charge in [-0.1, -0.05) is 30.3 Å². The Bertz CT molecular complexity index is 530. The number of amides is 1. The maximum Gasteiger partial charge on any atom is 0.224 e. The lowest BCUT2D eigenvalue weighted by atomic mass is 10.1. The van der Waals surface area contributed by atoms with Gasteiger partial charge in [-0.3, -0.25) is 4.79 Å². The van der Waals surface area contributed by atoms with E-state index >= 15 is 0 Å². The Hall–Kier alpha value is -1.07. The summed E-state index contributed by atoms with van der Waals surface area (Å²) in [6, 6.07) is 8.80. The second kappa shape index (κ2) is 5.28. The molecule has 2 rings (SSSR count). The summed E-state index contributed by atoms with van der Waals surface area (Å²) in [5.74, 6) is -0.332. The molecule has 2 atom stereocenters. The van der Waals surface area contributed by atoms with Crippen molar-refractivity contribution in [1.29, 1.82) is 0 Å². The van der Waals surface area contributed by atoms with Crippen molar-refractivity contribution in [2.24, 2.45) is 0 Å². The van der Waals surface area contributed by atoms with E-state index in [4.69, 9.17) is 11.6 Å². The zero-order chi connectivity index (χ0) is 13.2. The molecule has 1 aromatic carbocycles. The minimum Gasteiger partial charge on any atom is -0.351 e. The molecule has 18 heavy (non-hydrogen) atoms. The molecule has 1 fully saturated rings. The summed E-state index contributed by atoms with van der Waals surface area (Å²) >= 11 is 5.92. The number of alkyl halides is 1. The van der Waals surface area contributed by atoms with E-state index in [1.807, 2.05) is 30.3 Å². The number of carbonyl (C=O) groups excluding carboxylic acids is 1. The first-order chi connectivity index (χ1) is 8.46. The molecule has 1 heterocycles. The van der Waals surface area contributed by atoms with Gasteiger partial charge in [0.1, 0.15) is 0 Å². The van der Waals surface area contributed by atoms with Crippen LogP contribution in [0.4, 0.5) is 0 Å². The highest BCUT2D eigenvalue weighted by atomic mass is 35.5. The van der Waals surface area contributed by atoms with Crippen molar-refractivity contribution >= 4 is 27.3 Å². The summed E-state index contributed by atoms with van der Waals surface area (Å²) in [7, 11) is -3.11. The van der Waals surface area contributed by atoms with Gasteiger partial charge in [-0.05, 0) is 5.56 Å². The van der Waals surface area contributed by atoms with Gasteiger partial charge in [-0.25, -0.2) is 8.42 Å². The highest BCUT2D eigenvalue weighted by Gasteiger charge is 2.37. The quantitative estimate of drug-likeness (QED) is 0.835. The SMILES string of the molecule is O=C(Cc1ccccc1)N[C@@H]1CS(=O)(=O)C[C@H]1Cl. The molecule has 1 amide bonds. The molecule has 0 aliphatic carbocycles. The van der Waals surface area contributed by atoms with Crippen molar-refractivity contribution in [3.63, 3.8) is 0 Å². The third-order valence-electron chi connectivity index (χ3n) is 2.84. The average Bonchev–Trinajstić information content (AvgIpc) is 2.53. The highest BCUT2D eigenvalue weighted by molar-refractivity contribution is 7.91. The van der Waals surface area contributed by atoms with E-state index in [0.29, 0.717) is 0 Å². The topological polar surface area (TPSA) is 63.2 Å². The van der Waals surface area contributed by atoms with E-state index in [-0.39, 0.29) is 23.8 Å². The van der Waals surface area contributed by atoms with Crippen LogP contribution in [0.25, 0.3) is 0 Å². The summed E-state index contributed by atoms with van der Waals surface area (Å²) in [4.78, 5) is 11.8. The molecule has 0 aromatic heterocycles. The van der Waals surface area contributed by atoms with Crippen LogP contribution < -0.4 is 5.32 Å². The molecular formula is C12H14ClNO3S. The van der Waals surface area contributed by atoms with Gasteiger partial charge in [0.05, 0.1) is 29.3 Å². The monoisotopic (exact) mass is 287 g/mol. The first kappa shape index (κ1) is 13.4. The van der Waals surface area contributed by atoms with E-state index in [1.54, 1.807) is 0 Å². The van der Waals surface area contributed by atoms with Crippen molar-refractivity contribution < 1.29 is 13.2 Å². The van der Waals surface area contributed by atoms with Gasteiger partial charge >= 0.3 is 0 Å². The third-order valence-corrected chi connectivity index (χ3v) is 5.21. The van der Waals surface area contributed by atoms with E-state index in [2.05, 4.69) is 5.32 Å². The van der Waals surface area contributed by atoms with Crippen molar-refractivity contribution in [3.05, 3.63) is 35.9 Å². The molecule has 0 saturated carbocycles. The van der Waals surface area contributed by atoms with Gasteiger partial charge in [0, 0.05) is 0 Å². The highest BCUT2D eigenvalue weighted by Crippen LogP contribution is 2.18. The van der Waals surface area contributed by atoms with Crippen LogP contribution in [0.15, 0.2) is 30.3 Å². The molecule has 6 heteroatoms. The van der Waals surface area contributed by atoms with Crippen LogP contribution in [-0.4, -0.2) is 37.2 Å². The molecule has 0 unspecified atom stereocenters. The van der Waals surface area contributed by atoms with Gasteiger partial charge in [0.15, 0.2) is 9.84 Å². The number of nitrogens with one attached hydrogen (secondary N) is 1. The summed E-state index contributed by atoms with van der Waals surface area (Å²) in [6.45, 7) is 0. The Balaban J connectivity index is 1.93. The van der Waals surface area contributed by atoms with Crippen LogP contribution in [-0.2, 0) is 21.1 Å². The van der Waals surface area contributed by atoms with Crippen LogP contribution in [0.2, 0.25) is 0 Å². The maximum atomic E-state index is 11.8. The molecule has 1 aliphatic heterocycles. The van der Waals surface area contributed by atoms with Crippen LogP contribution in [0.1, 0.15) is 5.56 Å². The van der Waals surface area contributed by atoms with E-state index in [1.165, 1.54) is 0 Å². The normalized spacial score (nSPS) is 25.8. The van der Waals surface area contributed by atoms with Crippen LogP contribution in [0, 0.1) is 0 Å². The van der Waals surface area contributed by atoms with Gasteiger partial charge in [-0.2, -0.15) is 0 Å². The fourth-order valence-electron chi connectivity index (χ4n) is 1.98. The molecule has 1 saturated heterocycles. The number of hydrogen-bond acceptors (Lipinski definition) is 3. The largest absolute Gasteiger partial charge is 0.351 e. The Morgan fingerprint density at radius 3 is 2.50 bits per heavy atom. The molecule has 0 spiro atoms. The lowest BCUT2D eigenvalue weighted by Crippen LogP contribution is -2.41. The van der Waals surface area contributed by atoms with Gasteiger partial charge < -0.3 is 5.32 Å². The van der Waals surface area contributed by atoms with E-state index in [0.717, 1.165) is 5.56 Å². The van der Waals surface area contributed by atoms with E-state index < -0.39 is 21.3 Å². The Kier molecular flexibility index (Phi) is 3.92. The van der Waals surface area contributed by atoms with E-state index in [9.17, 15) is 13.2 Å². The summed E-state index contributed by atoms with van der Waals surface area (Å²) in [5, 5.41) is 2.15. The zero-order valence-electron chi connectivity index (χ0n) is 9.67. The van der Waals surface area contributed by atoms with Crippen LogP contribution in [0.5, 0.6) is 0 Å². The fourth-order valence-corrected chi connectivity index (χ4v) is 4.53. The smallest absolute Gasteiger partial charge is 0.224 e. The average molecular weight is 288 g/mol. The first-order valence-corrected chi connectivity index (χ1v) is 7.90. The Morgan fingerprint density at radius 1 is 1.28 bits per heavy atom. The predicted octanol–water partition coefficient (Wildman–Crippen LogP) is 0.750. The molecule has 0 radical (unpaired) electrons. The number of benzene rings is 1. The fraction of sp³-hybridized carbons (Fsp3) is 0.417. The second-order valence-electron chi connectivity index (χ2n) is 4.43. The minimum absolute atomic E-state index is 0.0646. The lowest BCUT2D eigenvalue weighted by Gasteiger charge is -2.14. The van der Waals surface area contributed by atoms with Crippen LogP contribution >= 0.6 is 11.6 Å². The van der Waals surface area contributed by atoms with Gasteiger partial charge in [-0.15, -0.1) is 11.6 Å². The minimum atomic E-state index is -3.11. The predicted molar refractivity (Wildman–Crippen MR) is 70.4 cm³/mol.